The van der Waals surface area contributed by atoms with Crippen molar-refractivity contribution in [1.82, 2.24) is 9.97 Å². The van der Waals surface area contributed by atoms with E-state index in [1.54, 1.807) is 31.2 Å². The van der Waals surface area contributed by atoms with Gasteiger partial charge in [-0.05, 0) is 30.7 Å². The van der Waals surface area contributed by atoms with Gasteiger partial charge in [-0.1, -0.05) is 35.3 Å². The number of hydrogen-bond acceptors (Lipinski definition) is 6. The molecule has 0 atom stereocenters. The van der Waals surface area contributed by atoms with E-state index in [9.17, 15) is 19.5 Å². The molecule has 1 amide bonds. The van der Waals surface area contributed by atoms with Gasteiger partial charge in [0.05, 0.1) is 16.6 Å². The molecule has 0 aliphatic heterocycles. The van der Waals surface area contributed by atoms with E-state index in [4.69, 9.17) is 27.9 Å². The molecule has 1 aromatic carbocycles. The first kappa shape index (κ1) is 24.1. The van der Waals surface area contributed by atoms with Gasteiger partial charge in [0, 0.05) is 30.1 Å². The molecule has 0 radical (unpaired) electrons. The second-order valence-corrected chi connectivity index (χ2v) is 7.73. The first-order valence-corrected chi connectivity index (χ1v) is 10.5. The number of ether oxygens (including phenoxy) is 1. The smallest absolute Gasteiger partial charge is 0.339 e. The number of pyridine rings is 1. The fourth-order valence-electron chi connectivity index (χ4n) is 2.96. The predicted octanol–water partition coefficient (Wildman–Crippen LogP) is 4.62. The number of anilines is 2. The van der Waals surface area contributed by atoms with Crippen LogP contribution in [0.1, 0.15) is 33.5 Å². The lowest BCUT2D eigenvalue weighted by Gasteiger charge is -2.11. The van der Waals surface area contributed by atoms with Crippen LogP contribution < -0.4 is 10.6 Å². The van der Waals surface area contributed by atoms with Crippen LogP contribution in [0.3, 0.4) is 0 Å². The molecule has 172 valence electrons. The minimum absolute atomic E-state index is 0.0265. The van der Waals surface area contributed by atoms with Crippen LogP contribution in [0, 0.1) is 6.92 Å². The summed E-state index contributed by atoms with van der Waals surface area (Å²) in [6, 6.07) is 8.27. The summed E-state index contributed by atoms with van der Waals surface area (Å²) >= 11 is 12.1. The average Bonchev–Trinajstić information content (AvgIpc) is 3.04. The Labute approximate surface area is 199 Å². The Kier molecular flexibility index (Phi) is 7.57. The van der Waals surface area contributed by atoms with Gasteiger partial charge in [-0.3, -0.25) is 9.59 Å². The number of aromatic carboxylic acids is 1. The number of carboxylic acids is 1. The topological polar surface area (TPSA) is 133 Å². The van der Waals surface area contributed by atoms with Crippen LogP contribution in [0.5, 0.6) is 0 Å². The molecule has 2 aromatic heterocycles. The lowest BCUT2D eigenvalue weighted by Crippen LogP contribution is -2.15. The number of aromatic nitrogens is 2. The van der Waals surface area contributed by atoms with E-state index in [1.165, 1.54) is 19.2 Å². The number of carbonyl (C=O) groups is 3. The molecule has 0 fully saturated rings. The lowest BCUT2D eigenvalue weighted by molar-refractivity contribution is -0.140. The summed E-state index contributed by atoms with van der Waals surface area (Å²) in [6.07, 6.45) is 1.53. The van der Waals surface area contributed by atoms with Crippen LogP contribution in [0.2, 0.25) is 10.0 Å². The molecule has 33 heavy (non-hydrogen) atoms. The average molecular weight is 491 g/mol. The van der Waals surface area contributed by atoms with Gasteiger partial charge in [0.2, 0.25) is 0 Å². The van der Waals surface area contributed by atoms with E-state index >= 15 is 0 Å². The molecule has 0 saturated carbocycles. The zero-order valence-corrected chi connectivity index (χ0v) is 19.2. The Balaban J connectivity index is 1.73. The molecule has 3 aromatic rings. The molecule has 4 N–H and O–H groups in total. The zero-order valence-electron chi connectivity index (χ0n) is 17.7. The number of rotatable bonds is 8. The molecule has 2 heterocycles. The Morgan fingerprint density at radius 2 is 1.82 bits per heavy atom. The molecular formula is C22H20Cl2N4O5. The van der Waals surface area contributed by atoms with E-state index in [0.717, 1.165) is 0 Å². The third-order valence-electron chi connectivity index (χ3n) is 4.58. The number of amides is 1. The van der Waals surface area contributed by atoms with Crippen molar-refractivity contribution in [2.24, 2.45) is 0 Å². The number of aromatic amines is 1. The molecule has 0 unspecified atom stereocenters. The van der Waals surface area contributed by atoms with Crippen molar-refractivity contribution in [2.75, 3.05) is 23.8 Å². The van der Waals surface area contributed by atoms with Crippen molar-refractivity contribution in [3.05, 3.63) is 63.5 Å². The third kappa shape index (κ3) is 5.82. The second kappa shape index (κ2) is 10.4. The molecule has 0 aliphatic rings. The van der Waals surface area contributed by atoms with Crippen LogP contribution in [0.4, 0.5) is 11.5 Å². The van der Waals surface area contributed by atoms with Gasteiger partial charge in [0.25, 0.3) is 5.91 Å². The Morgan fingerprint density at radius 3 is 2.39 bits per heavy atom. The number of hydrogen-bond donors (Lipinski definition) is 4. The molecule has 0 spiro atoms. The quantitative estimate of drug-likeness (QED) is 0.267. The fraction of sp³-hybridized carbons (Fsp3) is 0.182. The first-order chi connectivity index (χ1) is 15.7. The highest BCUT2D eigenvalue weighted by Crippen LogP contribution is 2.30. The van der Waals surface area contributed by atoms with Crippen molar-refractivity contribution in [3.63, 3.8) is 0 Å². The number of halogens is 2. The maximum atomic E-state index is 12.5. The molecule has 0 bridgehead atoms. The first-order valence-electron chi connectivity index (χ1n) is 9.73. The molecule has 0 saturated heterocycles. The predicted molar refractivity (Wildman–Crippen MR) is 125 cm³/mol. The van der Waals surface area contributed by atoms with Gasteiger partial charge in [-0.25, -0.2) is 9.78 Å². The summed E-state index contributed by atoms with van der Waals surface area (Å²) in [5, 5.41) is 15.6. The molecular weight excluding hydrogens is 471 g/mol. The minimum Gasteiger partial charge on any atom is -0.478 e. The fourth-order valence-corrected chi connectivity index (χ4v) is 3.37. The molecule has 9 nitrogen and oxygen atoms in total. The summed E-state index contributed by atoms with van der Waals surface area (Å²) in [6.45, 7) is 3.30. The maximum absolute atomic E-state index is 12.5. The minimum atomic E-state index is -1.15. The van der Waals surface area contributed by atoms with Gasteiger partial charge in [-0.2, -0.15) is 0 Å². The number of carboxylic acid groups (broad SMARTS) is 1. The van der Waals surface area contributed by atoms with Crippen LogP contribution in [-0.2, 0) is 9.53 Å². The van der Waals surface area contributed by atoms with Crippen molar-refractivity contribution < 1.29 is 24.2 Å². The highest BCUT2D eigenvalue weighted by atomic mass is 35.5. The number of aryl methyl sites for hydroxylation is 1. The monoisotopic (exact) mass is 490 g/mol. The maximum Gasteiger partial charge on any atom is 0.339 e. The number of esters is 1. The summed E-state index contributed by atoms with van der Waals surface area (Å²) in [7, 11) is 0. The van der Waals surface area contributed by atoms with Crippen LogP contribution >= 0.6 is 23.2 Å². The van der Waals surface area contributed by atoms with E-state index in [2.05, 4.69) is 20.6 Å². The molecule has 11 heteroatoms. The Bertz CT molecular complexity index is 1210. The van der Waals surface area contributed by atoms with E-state index in [1.807, 2.05) is 0 Å². The third-order valence-corrected chi connectivity index (χ3v) is 5.52. The summed E-state index contributed by atoms with van der Waals surface area (Å²) in [5.41, 5.74) is 2.51. The summed E-state index contributed by atoms with van der Waals surface area (Å²) in [4.78, 5) is 42.0. The second-order valence-electron chi connectivity index (χ2n) is 6.98. The van der Waals surface area contributed by atoms with Gasteiger partial charge < -0.3 is 25.5 Å². The standard InChI is InChI=1S/C22H20Cl2N4O5/c1-11-17(23)18(24)19(27-11)21(30)28-15-5-3-13(4-6-15)14-9-16(22(31)32)20(26-10-14)25-7-8-33-12(2)29/h3-6,9-10,27H,7-8H2,1-2H3,(H,25,26)(H,28,30)(H,31,32). The van der Waals surface area contributed by atoms with Crippen molar-refractivity contribution in [2.45, 2.75) is 13.8 Å². The van der Waals surface area contributed by atoms with Crippen LogP contribution in [0.15, 0.2) is 36.5 Å². The number of benzene rings is 1. The number of nitrogens with zero attached hydrogens (tertiary/aromatic N) is 1. The zero-order chi connectivity index (χ0) is 24.1. The van der Waals surface area contributed by atoms with Crippen LogP contribution in [-0.4, -0.2) is 46.1 Å². The SMILES string of the molecule is CC(=O)OCCNc1ncc(-c2ccc(NC(=O)c3[nH]c(C)c(Cl)c3Cl)cc2)cc1C(=O)O. The van der Waals surface area contributed by atoms with Crippen LogP contribution in [0.25, 0.3) is 11.1 Å². The normalized spacial score (nSPS) is 10.5. The van der Waals surface area contributed by atoms with Gasteiger partial charge >= 0.3 is 11.9 Å². The number of carbonyl (C=O) groups excluding carboxylic acids is 2. The number of nitrogens with one attached hydrogen (secondary N) is 3. The molecule has 3 rings (SSSR count). The van der Waals surface area contributed by atoms with E-state index in [0.29, 0.717) is 27.5 Å². The Morgan fingerprint density at radius 1 is 1.12 bits per heavy atom. The van der Waals surface area contributed by atoms with Crippen molar-refractivity contribution in [1.29, 1.82) is 0 Å². The summed E-state index contributed by atoms with van der Waals surface area (Å²) in [5.74, 6) is -1.85. The van der Waals surface area contributed by atoms with Crippen molar-refractivity contribution >= 4 is 52.6 Å². The highest BCUT2D eigenvalue weighted by Gasteiger charge is 2.18. The number of H-pyrrole nitrogens is 1. The van der Waals surface area contributed by atoms with Gasteiger partial charge in [0.15, 0.2) is 0 Å². The van der Waals surface area contributed by atoms with Gasteiger partial charge in [0.1, 0.15) is 23.7 Å². The van der Waals surface area contributed by atoms with E-state index in [-0.39, 0.29) is 35.2 Å². The highest BCUT2D eigenvalue weighted by molar-refractivity contribution is 6.44. The lowest BCUT2D eigenvalue weighted by atomic mass is 10.0. The summed E-state index contributed by atoms with van der Waals surface area (Å²) < 4.78 is 4.81. The van der Waals surface area contributed by atoms with E-state index < -0.39 is 17.8 Å². The molecule has 0 aliphatic carbocycles. The van der Waals surface area contributed by atoms with Gasteiger partial charge in [-0.15, -0.1) is 0 Å². The Hall–Kier alpha value is -3.56. The largest absolute Gasteiger partial charge is 0.478 e. The van der Waals surface area contributed by atoms with Crippen molar-refractivity contribution in [3.8, 4) is 11.1 Å².